The molecular formula is C12H17N3O2. The minimum absolute atomic E-state index is 0.0508. The third-order valence-electron chi connectivity index (χ3n) is 2.39. The van der Waals surface area contributed by atoms with E-state index < -0.39 is 0 Å². The van der Waals surface area contributed by atoms with Crippen LogP contribution in [-0.4, -0.2) is 33.5 Å². The molecule has 0 bridgehead atoms. The van der Waals surface area contributed by atoms with Crippen molar-refractivity contribution in [1.82, 2.24) is 0 Å². The van der Waals surface area contributed by atoms with Gasteiger partial charge in [-0.2, -0.15) is 5.26 Å². The minimum Gasteiger partial charge on any atom is -0.397 e. The van der Waals surface area contributed by atoms with Crippen LogP contribution in [0.15, 0.2) is 18.2 Å². The number of methoxy groups -OCH3 is 2. The molecule has 1 atom stereocenters. The van der Waals surface area contributed by atoms with Gasteiger partial charge in [0.25, 0.3) is 0 Å². The highest BCUT2D eigenvalue weighted by Crippen LogP contribution is 2.19. The topological polar surface area (TPSA) is 80.3 Å². The van der Waals surface area contributed by atoms with E-state index in [4.69, 9.17) is 20.5 Å². The number of nitrogens with zero attached hydrogens (tertiary/aromatic N) is 1. The van der Waals surface area contributed by atoms with Crippen molar-refractivity contribution in [3.05, 3.63) is 23.8 Å². The molecule has 1 aromatic carbocycles. The maximum atomic E-state index is 8.80. The molecule has 0 aliphatic rings. The fourth-order valence-corrected chi connectivity index (χ4v) is 1.40. The van der Waals surface area contributed by atoms with Gasteiger partial charge in [0, 0.05) is 20.8 Å². The number of hydrogen-bond acceptors (Lipinski definition) is 5. The predicted octanol–water partition coefficient (Wildman–Crippen LogP) is 1.21. The average Bonchev–Trinajstić information content (AvgIpc) is 2.36. The van der Waals surface area contributed by atoms with E-state index in [1.807, 2.05) is 0 Å². The Morgan fingerprint density at radius 2 is 2.24 bits per heavy atom. The first-order valence-electron chi connectivity index (χ1n) is 5.26. The number of nitrogens with one attached hydrogen (secondary N) is 1. The molecule has 0 aliphatic heterocycles. The molecule has 0 saturated carbocycles. The molecule has 0 amide bonds. The first-order chi connectivity index (χ1) is 8.21. The van der Waals surface area contributed by atoms with Crippen LogP contribution in [0.3, 0.4) is 0 Å². The van der Waals surface area contributed by atoms with E-state index in [1.54, 1.807) is 32.4 Å². The van der Waals surface area contributed by atoms with E-state index in [1.165, 1.54) is 0 Å². The lowest BCUT2D eigenvalue weighted by Gasteiger charge is -2.16. The fraction of sp³-hybridized carbons (Fsp3) is 0.417. The van der Waals surface area contributed by atoms with Crippen LogP contribution in [0.2, 0.25) is 0 Å². The van der Waals surface area contributed by atoms with Crippen molar-refractivity contribution in [1.29, 1.82) is 5.26 Å². The molecule has 1 rings (SSSR count). The van der Waals surface area contributed by atoms with Crippen molar-refractivity contribution in [2.75, 3.05) is 38.4 Å². The molecule has 92 valence electrons. The van der Waals surface area contributed by atoms with E-state index >= 15 is 0 Å². The van der Waals surface area contributed by atoms with Gasteiger partial charge < -0.3 is 20.5 Å². The number of benzene rings is 1. The van der Waals surface area contributed by atoms with Crippen molar-refractivity contribution >= 4 is 11.4 Å². The minimum atomic E-state index is -0.0508. The van der Waals surface area contributed by atoms with Crippen molar-refractivity contribution < 1.29 is 9.47 Å². The predicted molar refractivity (Wildman–Crippen MR) is 66.7 cm³/mol. The number of nitrogens with two attached hydrogens (primary N) is 1. The summed E-state index contributed by atoms with van der Waals surface area (Å²) in [7, 11) is 3.25. The Labute approximate surface area is 101 Å². The van der Waals surface area contributed by atoms with Gasteiger partial charge in [0.2, 0.25) is 0 Å². The molecule has 0 aromatic heterocycles. The maximum absolute atomic E-state index is 8.80. The zero-order chi connectivity index (χ0) is 12.7. The smallest absolute Gasteiger partial charge is 0.0992 e. The summed E-state index contributed by atoms with van der Waals surface area (Å²) in [6.07, 6.45) is -0.0508. The third kappa shape index (κ3) is 3.94. The Bertz CT molecular complexity index is 401. The second-order valence-electron chi connectivity index (χ2n) is 3.61. The summed E-state index contributed by atoms with van der Waals surface area (Å²) in [6, 6.07) is 7.18. The lowest BCUT2D eigenvalue weighted by molar-refractivity contribution is 0.0366. The molecular weight excluding hydrogens is 218 g/mol. The van der Waals surface area contributed by atoms with Crippen molar-refractivity contribution in [3.8, 4) is 6.07 Å². The first kappa shape index (κ1) is 13.3. The van der Waals surface area contributed by atoms with E-state index in [0.717, 1.165) is 5.69 Å². The molecule has 0 heterocycles. The number of hydrogen-bond donors (Lipinski definition) is 2. The summed E-state index contributed by atoms with van der Waals surface area (Å²) in [5, 5.41) is 11.9. The number of anilines is 2. The molecule has 1 unspecified atom stereocenters. The SMILES string of the molecule is COCC(CNc1cc(C#N)ccc1N)OC. The van der Waals surface area contributed by atoms with E-state index in [2.05, 4.69) is 11.4 Å². The zero-order valence-corrected chi connectivity index (χ0v) is 10.1. The Morgan fingerprint density at radius 3 is 2.82 bits per heavy atom. The largest absolute Gasteiger partial charge is 0.397 e. The number of rotatable bonds is 6. The van der Waals surface area contributed by atoms with Gasteiger partial charge in [-0.05, 0) is 18.2 Å². The Hall–Kier alpha value is -1.77. The van der Waals surface area contributed by atoms with E-state index in [9.17, 15) is 0 Å². The van der Waals surface area contributed by atoms with Gasteiger partial charge in [-0.15, -0.1) is 0 Å². The van der Waals surface area contributed by atoms with Gasteiger partial charge in [-0.25, -0.2) is 0 Å². The molecule has 17 heavy (non-hydrogen) atoms. The van der Waals surface area contributed by atoms with Gasteiger partial charge in [0.15, 0.2) is 0 Å². The summed E-state index contributed by atoms with van der Waals surface area (Å²) in [4.78, 5) is 0. The van der Waals surface area contributed by atoms with Crippen LogP contribution in [0.5, 0.6) is 0 Å². The number of nitrogen functional groups attached to an aromatic ring is 1. The normalized spacial score (nSPS) is 11.8. The lowest BCUT2D eigenvalue weighted by Crippen LogP contribution is -2.26. The second-order valence-corrected chi connectivity index (χ2v) is 3.61. The van der Waals surface area contributed by atoms with Gasteiger partial charge in [0.1, 0.15) is 0 Å². The number of ether oxygens (including phenoxy) is 2. The molecule has 5 heteroatoms. The molecule has 0 fully saturated rings. The third-order valence-corrected chi connectivity index (χ3v) is 2.39. The van der Waals surface area contributed by atoms with Crippen LogP contribution in [0.1, 0.15) is 5.56 Å². The molecule has 0 aliphatic carbocycles. The Balaban J connectivity index is 2.65. The Morgan fingerprint density at radius 1 is 1.47 bits per heavy atom. The van der Waals surface area contributed by atoms with Gasteiger partial charge in [-0.3, -0.25) is 0 Å². The molecule has 0 saturated heterocycles. The van der Waals surface area contributed by atoms with Crippen LogP contribution in [-0.2, 0) is 9.47 Å². The Kier molecular flexibility index (Phi) is 5.27. The van der Waals surface area contributed by atoms with Gasteiger partial charge in [0.05, 0.1) is 35.7 Å². The molecule has 0 radical (unpaired) electrons. The average molecular weight is 235 g/mol. The summed E-state index contributed by atoms with van der Waals surface area (Å²) >= 11 is 0. The van der Waals surface area contributed by atoms with Gasteiger partial charge >= 0.3 is 0 Å². The van der Waals surface area contributed by atoms with Crippen molar-refractivity contribution in [2.24, 2.45) is 0 Å². The van der Waals surface area contributed by atoms with E-state index in [0.29, 0.717) is 24.4 Å². The first-order valence-corrected chi connectivity index (χ1v) is 5.26. The molecule has 3 N–H and O–H groups in total. The molecule has 0 spiro atoms. The number of nitriles is 1. The lowest BCUT2D eigenvalue weighted by atomic mass is 10.2. The standard InChI is InChI=1S/C12H17N3O2/c1-16-8-10(17-2)7-15-12-5-9(6-13)3-4-11(12)14/h3-5,10,15H,7-8,14H2,1-2H3. The van der Waals surface area contributed by atoms with Crippen molar-refractivity contribution in [2.45, 2.75) is 6.10 Å². The molecule has 5 nitrogen and oxygen atoms in total. The summed E-state index contributed by atoms with van der Waals surface area (Å²) < 4.78 is 10.2. The van der Waals surface area contributed by atoms with Crippen LogP contribution in [0.4, 0.5) is 11.4 Å². The maximum Gasteiger partial charge on any atom is 0.0992 e. The quantitative estimate of drug-likeness (QED) is 0.724. The van der Waals surface area contributed by atoms with Crippen LogP contribution >= 0.6 is 0 Å². The van der Waals surface area contributed by atoms with Crippen LogP contribution in [0.25, 0.3) is 0 Å². The zero-order valence-electron chi connectivity index (χ0n) is 10.1. The summed E-state index contributed by atoms with van der Waals surface area (Å²) in [5.41, 5.74) is 7.72. The highest BCUT2D eigenvalue weighted by molar-refractivity contribution is 5.68. The molecule has 1 aromatic rings. The highest BCUT2D eigenvalue weighted by Gasteiger charge is 2.08. The van der Waals surface area contributed by atoms with Crippen LogP contribution < -0.4 is 11.1 Å². The van der Waals surface area contributed by atoms with Crippen molar-refractivity contribution in [3.63, 3.8) is 0 Å². The highest BCUT2D eigenvalue weighted by atomic mass is 16.5. The van der Waals surface area contributed by atoms with Gasteiger partial charge in [-0.1, -0.05) is 0 Å². The van der Waals surface area contributed by atoms with Crippen LogP contribution in [0, 0.1) is 11.3 Å². The fourth-order valence-electron chi connectivity index (χ4n) is 1.40. The second kappa shape index (κ2) is 6.74. The summed E-state index contributed by atoms with van der Waals surface area (Å²) in [6.45, 7) is 1.07. The summed E-state index contributed by atoms with van der Waals surface area (Å²) in [5.74, 6) is 0. The van der Waals surface area contributed by atoms with E-state index in [-0.39, 0.29) is 6.10 Å². The monoisotopic (exact) mass is 235 g/mol.